The molecule has 1 amide bonds. The maximum atomic E-state index is 13.7. The Hall–Kier alpha value is -4.12. The van der Waals surface area contributed by atoms with Crippen molar-refractivity contribution in [1.82, 2.24) is 5.32 Å². The van der Waals surface area contributed by atoms with Gasteiger partial charge in [0, 0.05) is 11.6 Å². The number of nitro benzene ring substituents is 1. The SMILES string of the molecule is CCC(NC(=O)CN(c1ccc(OC)cc1)S(=O)(=O)c1ccc(C)c([N+](=O)[O-])c1)c1ccc(OC)c(C)c1. The number of benzene rings is 3. The number of aryl methyl sites for hydroxylation is 2. The van der Waals surface area contributed by atoms with Gasteiger partial charge in [-0.05, 0) is 67.8 Å². The highest BCUT2D eigenvalue weighted by Crippen LogP contribution is 2.29. The van der Waals surface area contributed by atoms with E-state index in [4.69, 9.17) is 9.47 Å². The molecule has 0 aliphatic heterocycles. The van der Waals surface area contributed by atoms with Gasteiger partial charge < -0.3 is 14.8 Å². The quantitative estimate of drug-likeness (QED) is 0.275. The molecular formula is C27H31N3O7S. The van der Waals surface area contributed by atoms with Crippen LogP contribution in [0.3, 0.4) is 0 Å². The van der Waals surface area contributed by atoms with Crippen molar-refractivity contribution in [1.29, 1.82) is 0 Å². The number of methoxy groups -OCH3 is 2. The zero-order valence-corrected chi connectivity index (χ0v) is 22.7. The standard InChI is InChI=1S/C27H31N3O7S/c1-6-24(20-8-14-26(37-5)19(3)15-20)28-27(31)17-29(21-9-11-22(36-4)12-10-21)38(34,35)23-13-7-18(2)25(16-23)30(32)33/h7-16,24H,6,17H2,1-5H3,(H,28,31). The molecule has 10 nitrogen and oxygen atoms in total. The Kier molecular flexibility index (Phi) is 8.95. The number of hydrogen-bond acceptors (Lipinski definition) is 7. The summed E-state index contributed by atoms with van der Waals surface area (Å²) in [7, 11) is -1.29. The number of hydrogen-bond donors (Lipinski definition) is 1. The Morgan fingerprint density at radius 2 is 1.68 bits per heavy atom. The lowest BCUT2D eigenvalue weighted by Gasteiger charge is -2.26. The fourth-order valence-electron chi connectivity index (χ4n) is 4.05. The van der Waals surface area contributed by atoms with E-state index in [9.17, 15) is 23.3 Å². The summed E-state index contributed by atoms with van der Waals surface area (Å²) in [6.45, 7) is 4.79. The number of nitro groups is 1. The molecule has 3 aromatic rings. The van der Waals surface area contributed by atoms with Gasteiger partial charge in [0.15, 0.2) is 0 Å². The Morgan fingerprint density at radius 1 is 1.00 bits per heavy atom. The van der Waals surface area contributed by atoms with E-state index in [1.165, 1.54) is 38.3 Å². The van der Waals surface area contributed by atoms with Gasteiger partial charge in [0.05, 0.1) is 35.8 Å². The Balaban J connectivity index is 1.97. The van der Waals surface area contributed by atoms with Gasteiger partial charge in [-0.3, -0.25) is 19.2 Å². The summed E-state index contributed by atoms with van der Waals surface area (Å²) in [5.41, 5.74) is 1.96. The summed E-state index contributed by atoms with van der Waals surface area (Å²) in [6.07, 6.45) is 0.566. The van der Waals surface area contributed by atoms with Gasteiger partial charge >= 0.3 is 0 Å². The summed E-state index contributed by atoms with van der Waals surface area (Å²) >= 11 is 0. The third-order valence-corrected chi connectivity index (χ3v) is 7.95. The van der Waals surface area contributed by atoms with E-state index < -0.39 is 27.4 Å². The van der Waals surface area contributed by atoms with Gasteiger partial charge in [-0.2, -0.15) is 0 Å². The van der Waals surface area contributed by atoms with Crippen molar-refractivity contribution >= 4 is 27.3 Å². The largest absolute Gasteiger partial charge is 0.497 e. The molecular weight excluding hydrogens is 510 g/mol. The number of sulfonamides is 1. The van der Waals surface area contributed by atoms with Crippen LogP contribution in [0, 0.1) is 24.0 Å². The normalized spacial score (nSPS) is 11.9. The van der Waals surface area contributed by atoms with Crippen LogP contribution < -0.4 is 19.1 Å². The van der Waals surface area contributed by atoms with E-state index >= 15 is 0 Å². The Bertz CT molecular complexity index is 1420. The average molecular weight is 542 g/mol. The molecule has 202 valence electrons. The fourth-order valence-corrected chi connectivity index (χ4v) is 5.49. The summed E-state index contributed by atoms with van der Waals surface area (Å²) < 4.78 is 38.9. The van der Waals surface area contributed by atoms with Gasteiger partial charge in [-0.15, -0.1) is 0 Å². The van der Waals surface area contributed by atoms with Crippen LogP contribution >= 0.6 is 0 Å². The number of carbonyl (C=O) groups excluding carboxylic acids is 1. The van der Waals surface area contributed by atoms with Crippen LogP contribution in [0.1, 0.15) is 36.1 Å². The van der Waals surface area contributed by atoms with Crippen LogP contribution in [0.2, 0.25) is 0 Å². The van der Waals surface area contributed by atoms with Gasteiger partial charge in [0.2, 0.25) is 5.91 Å². The first-order chi connectivity index (χ1) is 18.0. The van der Waals surface area contributed by atoms with Crippen LogP contribution in [-0.4, -0.2) is 40.0 Å². The van der Waals surface area contributed by atoms with Gasteiger partial charge in [-0.1, -0.05) is 25.1 Å². The lowest BCUT2D eigenvalue weighted by atomic mass is 10.0. The van der Waals surface area contributed by atoms with Gasteiger partial charge in [-0.25, -0.2) is 8.42 Å². The lowest BCUT2D eigenvalue weighted by Crippen LogP contribution is -2.42. The molecule has 0 fully saturated rings. The van der Waals surface area contributed by atoms with Crippen molar-refractivity contribution in [2.24, 2.45) is 0 Å². The van der Waals surface area contributed by atoms with E-state index in [-0.39, 0.29) is 22.3 Å². The molecule has 0 radical (unpaired) electrons. The number of nitrogens with one attached hydrogen (secondary N) is 1. The minimum atomic E-state index is -4.35. The minimum absolute atomic E-state index is 0.206. The number of nitrogens with zero attached hydrogens (tertiary/aromatic N) is 2. The summed E-state index contributed by atoms with van der Waals surface area (Å²) in [6, 6.07) is 15.1. The van der Waals surface area contributed by atoms with Crippen LogP contribution in [0.5, 0.6) is 11.5 Å². The first-order valence-electron chi connectivity index (χ1n) is 11.9. The molecule has 0 heterocycles. The van der Waals surface area contributed by atoms with Crippen molar-refractivity contribution in [3.05, 3.63) is 87.5 Å². The zero-order valence-electron chi connectivity index (χ0n) is 21.9. The molecule has 0 bridgehead atoms. The Labute approximate surface area is 222 Å². The number of amides is 1. The topological polar surface area (TPSA) is 128 Å². The van der Waals surface area contributed by atoms with Gasteiger partial charge in [0.1, 0.15) is 18.0 Å². The smallest absolute Gasteiger partial charge is 0.273 e. The van der Waals surface area contributed by atoms with E-state index in [1.54, 1.807) is 19.2 Å². The van der Waals surface area contributed by atoms with Crippen molar-refractivity contribution < 1.29 is 27.6 Å². The van der Waals surface area contributed by atoms with Gasteiger partial charge in [0.25, 0.3) is 15.7 Å². The molecule has 0 saturated heterocycles. The van der Waals surface area contributed by atoms with Crippen LogP contribution in [0.4, 0.5) is 11.4 Å². The van der Waals surface area contributed by atoms with E-state index in [0.29, 0.717) is 17.7 Å². The number of rotatable bonds is 11. The minimum Gasteiger partial charge on any atom is -0.497 e. The second-order valence-corrected chi connectivity index (χ2v) is 10.5. The zero-order chi connectivity index (χ0) is 28.0. The number of ether oxygens (including phenoxy) is 2. The van der Waals surface area contributed by atoms with Crippen LogP contribution in [0.15, 0.2) is 65.6 Å². The fraction of sp³-hybridized carbons (Fsp3) is 0.296. The predicted octanol–water partition coefficient (Wildman–Crippen LogP) is 4.69. The van der Waals surface area contributed by atoms with E-state index in [2.05, 4.69) is 5.32 Å². The summed E-state index contributed by atoms with van der Waals surface area (Å²) in [4.78, 5) is 23.8. The molecule has 1 N–H and O–H groups in total. The van der Waals surface area contributed by atoms with Crippen LogP contribution in [-0.2, 0) is 14.8 Å². The molecule has 0 saturated carbocycles. The molecule has 11 heteroatoms. The number of carbonyl (C=O) groups is 1. The van der Waals surface area contributed by atoms with Crippen molar-refractivity contribution in [2.45, 2.75) is 38.1 Å². The lowest BCUT2D eigenvalue weighted by molar-refractivity contribution is -0.385. The maximum absolute atomic E-state index is 13.7. The predicted molar refractivity (Wildman–Crippen MR) is 144 cm³/mol. The maximum Gasteiger partial charge on any atom is 0.273 e. The molecule has 1 atom stereocenters. The molecule has 3 rings (SSSR count). The second kappa shape index (κ2) is 12.0. The van der Waals surface area contributed by atoms with Crippen molar-refractivity contribution in [3.8, 4) is 11.5 Å². The van der Waals surface area contributed by atoms with E-state index in [0.717, 1.165) is 27.2 Å². The molecule has 0 aromatic heterocycles. The molecule has 3 aromatic carbocycles. The van der Waals surface area contributed by atoms with Crippen molar-refractivity contribution in [3.63, 3.8) is 0 Å². The Morgan fingerprint density at radius 3 is 2.24 bits per heavy atom. The average Bonchev–Trinajstić information content (AvgIpc) is 2.90. The number of anilines is 1. The first-order valence-corrected chi connectivity index (χ1v) is 13.3. The molecule has 38 heavy (non-hydrogen) atoms. The molecule has 0 aliphatic carbocycles. The monoisotopic (exact) mass is 541 g/mol. The van der Waals surface area contributed by atoms with Crippen molar-refractivity contribution in [2.75, 3.05) is 25.1 Å². The summed E-state index contributed by atoms with van der Waals surface area (Å²) in [5, 5.41) is 14.4. The molecule has 0 aliphatic rings. The highest BCUT2D eigenvalue weighted by Gasteiger charge is 2.30. The molecule has 1 unspecified atom stereocenters. The highest BCUT2D eigenvalue weighted by atomic mass is 32.2. The third kappa shape index (κ3) is 6.23. The second-order valence-electron chi connectivity index (χ2n) is 8.67. The highest BCUT2D eigenvalue weighted by molar-refractivity contribution is 7.92. The first kappa shape index (κ1) is 28.5. The van der Waals surface area contributed by atoms with Crippen LogP contribution in [0.25, 0.3) is 0 Å². The molecule has 0 spiro atoms. The van der Waals surface area contributed by atoms with E-state index in [1.807, 2.05) is 32.0 Å². The summed E-state index contributed by atoms with van der Waals surface area (Å²) in [5.74, 6) is 0.688. The third-order valence-electron chi connectivity index (χ3n) is 6.18.